The average molecular weight is 1130 g/mol. The molecule has 0 aromatic carbocycles. The van der Waals surface area contributed by atoms with E-state index in [2.05, 4.69) is 67.8 Å². The van der Waals surface area contributed by atoms with E-state index in [0.717, 1.165) is 57.8 Å². The molecule has 6 nitrogen and oxygen atoms in total. The summed E-state index contributed by atoms with van der Waals surface area (Å²) in [5.74, 6) is -0.109. The fourth-order valence-corrected chi connectivity index (χ4v) is 11.0. The molecule has 1 amide bonds. The van der Waals surface area contributed by atoms with Crippen molar-refractivity contribution in [1.82, 2.24) is 5.32 Å². The second kappa shape index (κ2) is 70.0. The summed E-state index contributed by atoms with van der Waals surface area (Å²) in [5, 5.41) is 23.3. The first-order valence-corrected chi connectivity index (χ1v) is 36.1. The number of amides is 1. The quantitative estimate of drug-likeness (QED) is 0.0320. The molecule has 6 heteroatoms. The third-order valence-corrected chi connectivity index (χ3v) is 16.5. The maximum absolute atomic E-state index is 12.5. The van der Waals surface area contributed by atoms with Crippen LogP contribution in [0.1, 0.15) is 380 Å². The van der Waals surface area contributed by atoms with Gasteiger partial charge in [0.25, 0.3) is 0 Å². The Bertz CT molecular complexity index is 1400. The van der Waals surface area contributed by atoms with Gasteiger partial charge in [-0.3, -0.25) is 9.59 Å². The smallest absolute Gasteiger partial charge is 0.305 e. The number of esters is 1. The van der Waals surface area contributed by atoms with Gasteiger partial charge in [-0.05, 0) is 83.5 Å². The summed E-state index contributed by atoms with van der Waals surface area (Å²) in [6.07, 6.45) is 93.1. The molecule has 2 atom stereocenters. The summed E-state index contributed by atoms with van der Waals surface area (Å²) < 4.78 is 5.44. The van der Waals surface area contributed by atoms with Gasteiger partial charge in [0.15, 0.2) is 0 Å². The molecule has 0 aliphatic rings. The summed E-state index contributed by atoms with van der Waals surface area (Å²) in [5.41, 5.74) is 0. The van der Waals surface area contributed by atoms with Crippen LogP contribution in [-0.2, 0) is 14.3 Å². The molecule has 81 heavy (non-hydrogen) atoms. The minimum absolute atomic E-state index is 0.0394. The van der Waals surface area contributed by atoms with Gasteiger partial charge in [-0.2, -0.15) is 0 Å². The van der Waals surface area contributed by atoms with E-state index in [1.807, 2.05) is 6.08 Å². The Morgan fingerprint density at radius 3 is 0.963 bits per heavy atom. The molecule has 0 heterocycles. The van der Waals surface area contributed by atoms with Crippen molar-refractivity contribution in [2.75, 3.05) is 13.2 Å². The normalized spacial score (nSPS) is 12.9. The van der Waals surface area contributed by atoms with Gasteiger partial charge in [0.1, 0.15) is 0 Å². The SMILES string of the molecule is CCCCC/C=C\C/C=C\CCCCCCCCCCCC(=O)OCC/C=C\C/C=C\CCCCCCCCCCCCCCCCC(=O)NC(CO)C(O)/C=C/CCCCCCCCCCCCCCCCCCCCCCCC. The highest BCUT2D eigenvalue weighted by Crippen LogP contribution is 2.18. The van der Waals surface area contributed by atoms with Gasteiger partial charge in [0.05, 0.1) is 25.4 Å². The lowest BCUT2D eigenvalue weighted by molar-refractivity contribution is -0.143. The largest absolute Gasteiger partial charge is 0.465 e. The maximum Gasteiger partial charge on any atom is 0.305 e. The molecule has 0 rings (SSSR count). The Balaban J connectivity index is 3.47. The number of aliphatic hydroxyl groups is 2. The van der Waals surface area contributed by atoms with Crippen molar-refractivity contribution in [1.29, 1.82) is 0 Å². The van der Waals surface area contributed by atoms with Crippen molar-refractivity contribution < 1.29 is 24.5 Å². The van der Waals surface area contributed by atoms with Crippen LogP contribution in [0.15, 0.2) is 60.8 Å². The third kappa shape index (κ3) is 66.6. The lowest BCUT2D eigenvalue weighted by Gasteiger charge is -2.20. The number of aliphatic hydroxyl groups excluding tert-OH is 2. The van der Waals surface area contributed by atoms with Crippen molar-refractivity contribution in [3.8, 4) is 0 Å². The first-order chi connectivity index (χ1) is 40.0. The Morgan fingerprint density at radius 2 is 0.617 bits per heavy atom. The van der Waals surface area contributed by atoms with Crippen LogP contribution in [0.3, 0.4) is 0 Å². The number of unbranched alkanes of at least 4 members (excludes halogenated alkanes) is 48. The zero-order valence-electron chi connectivity index (χ0n) is 54.3. The minimum atomic E-state index is -0.851. The molecule has 0 aliphatic carbocycles. The monoisotopic (exact) mass is 1130 g/mol. The van der Waals surface area contributed by atoms with E-state index >= 15 is 0 Å². The molecule has 3 N–H and O–H groups in total. The van der Waals surface area contributed by atoms with Crippen LogP contribution in [0.4, 0.5) is 0 Å². The minimum Gasteiger partial charge on any atom is -0.465 e. The fraction of sp³-hybridized carbons (Fsp3) is 0.840. The number of carbonyl (C=O) groups excluding carboxylic acids is 2. The first kappa shape index (κ1) is 78.6. The summed E-state index contributed by atoms with van der Waals surface area (Å²) in [6.45, 7) is 4.80. The Labute approximate surface area is 505 Å². The van der Waals surface area contributed by atoms with Crippen LogP contribution >= 0.6 is 0 Å². The molecule has 0 aromatic rings. The molecule has 0 saturated heterocycles. The van der Waals surface area contributed by atoms with Crippen LogP contribution in [0.25, 0.3) is 0 Å². The third-order valence-electron chi connectivity index (χ3n) is 16.5. The number of carbonyl (C=O) groups is 2. The second-order valence-electron chi connectivity index (χ2n) is 24.6. The molecule has 0 spiro atoms. The number of hydrogen-bond donors (Lipinski definition) is 3. The summed E-state index contributed by atoms with van der Waals surface area (Å²) >= 11 is 0. The zero-order chi connectivity index (χ0) is 58.5. The van der Waals surface area contributed by atoms with E-state index < -0.39 is 12.1 Å². The number of hydrogen-bond acceptors (Lipinski definition) is 5. The van der Waals surface area contributed by atoms with Gasteiger partial charge in [0.2, 0.25) is 5.91 Å². The first-order valence-electron chi connectivity index (χ1n) is 36.1. The number of rotatable bonds is 67. The standard InChI is InChI=1S/C75H139NO5/c1-3-5-7-9-11-13-15-17-19-21-23-24-25-26-28-32-35-39-43-47-51-55-59-63-67-73(78)72(71-77)76-74(79)68-64-60-56-52-48-44-40-36-33-29-27-30-34-38-42-46-50-54-58-62-66-70-81-75(80)69-65-61-57-53-49-45-41-37-31-22-20-18-16-14-12-10-8-6-4-2/h12,14,18,20,46,50,58,62-63,67,72-73,77-78H,3-11,13,15-17,19,21-45,47-49,51-57,59-61,64-66,68-71H2,1-2H3,(H,76,79)/b14-12-,20-18-,50-46-,62-58-,67-63+. The van der Waals surface area contributed by atoms with Crippen LogP contribution < -0.4 is 5.32 Å². The number of nitrogens with one attached hydrogen (secondary N) is 1. The van der Waals surface area contributed by atoms with Crippen LogP contribution in [0.2, 0.25) is 0 Å². The highest BCUT2D eigenvalue weighted by Gasteiger charge is 2.18. The highest BCUT2D eigenvalue weighted by atomic mass is 16.5. The van der Waals surface area contributed by atoms with E-state index in [-0.39, 0.29) is 18.5 Å². The van der Waals surface area contributed by atoms with Gasteiger partial charge < -0.3 is 20.3 Å². The van der Waals surface area contributed by atoms with Crippen molar-refractivity contribution in [2.45, 2.75) is 392 Å². The lowest BCUT2D eigenvalue weighted by Crippen LogP contribution is -2.45. The molecule has 2 unspecified atom stereocenters. The van der Waals surface area contributed by atoms with Gasteiger partial charge in [0, 0.05) is 12.8 Å². The molecule has 0 fully saturated rings. The molecule has 474 valence electrons. The predicted molar refractivity (Wildman–Crippen MR) is 356 cm³/mol. The van der Waals surface area contributed by atoms with Crippen LogP contribution in [0.5, 0.6) is 0 Å². The zero-order valence-corrected chi connectivity index (χ0v) is 54.3. The van der Waals surface area contributed by atoms with Crippen molar-refractivity contribution in [2.24, 2.45) is 0 Å². The van der Waals surface area contributed by atoms with Crippen LogP contribution in [0, 0.1) is 0 Å². The highest BCUT2D eigenvalue weighted by molar-refractivity contribution is 5.76. The summed E-state index contributed by atoms with van der Waals surface area (Å²) in [6, 6.07) is -0.635. The van der Waals surface area contributed by atoms with E-state index in [1.54, 1.807) is 6.08 Å². The Hall–Kier alpha value is -2.44. The van der Waals surface area contributed by atoms with Gasteiger partial charge in [-0.15, -0.1) is 0 Å². The van der Waals surface area contributed by atoms with E-state index in [0.29, 0.717) is 19.4 Å². The molecule has 0 aliphatic heterocycles. The molecule has 0 radical (unpaired) electrons. The van der Waals surface area contributed by atoms with E-state index in [4.69, 9.17) is 4.74 Å². The van der Waals surface area contributed by atoms with Crippen molar-refractivity contribution in [3.63, 3.8) is 0 Å². The second-order valence-corrected chi connectivity index (χ2v) is 24.6. The van der Waals surface area contributed by atoms with Gasteiger partial charge >= 0.3 is 5.97 Å². The fourth-order valence-electron chi connectivity index (χ4n) is 11.0. The van der Waals surface area contributed by atoms with E-state index in [9.17, 15) is 19.8 Å². The van der Waals surface area contributed by atoms with Gasteiger partial charge in [-0.25, -0.2) is 0 Å². The number of ether oxygens (including phenoxy) is 1. The van der Waals surface area contributed by atoms with Crippen molar-refractivity contribution >= 4 is 11.9 Å². The molecule has 0 saturated carbocycles. The molecular formula is C75H139NO5. The lowest BCUT2D eigenvalue weighted by atomic mass is 10.0. The topological polar surface area (TPSA) is 95.9 Å². The van der Waals surface area contributed by atoms with Crippen LogP contribution in [-0.4, -0.2) is 47.4 Å². The van der Waals surface area contributed by atoms with Gasteiger partial charge in [-0.1, -0.05) is 344 Å². The van der Waals surface area contributed by atoms with Crippen molar-refractivity contribution in [3.05, 3.63) is 60.8 Å². The predicted octanol–water partition coefficient (Wildman–Crippen LogP) is 23.4. The van der Waals surface area contributed by atoms with E-state index in [1.165, 1.54) is 295 Å². The number of allylic oxidation sites excluding steroid dienone is 8. The Morgan fingerprint density at radius 1 is 0.346 bits per heavy atom. The molecular weight excluding hydrogens is 995 g/mol. The Kier molecular flexibility index (Phi) is 67.9. The molecule has 0 bridgehead atoms. The molecule has 0 aromatic heterocycles. The maximum atomic E-state index is 12.5. The summed E-state index contributed by atoms with van der Waals surface area (Å²) in [4.78, 5) is 24.6. The summed E-state index contributed by atoms with van der Waals surface area (Å²) in [7, 11) is 0. The average Bonchev–Trinajstić information content (AvgIpc) is 3.47.